The summed E-state index contributed by atoms with van der Waals surface area (Å²) in [5.41, 5.74) is 4.82. The number of imide groups is 1. The summed E-state index contributed by atoms with van der Waals surface area (Å²) in [6, 6.07) is -0.942. The Labute approximate surface area is 105 Å². The Balaban J connectivity index is 1.84. The molecule has 3 amide bonds. The number of rotatable bonds is 3. The van der Waals surface area contributed by atoms with Crippen molar-refractivity contribution >= 4 is 17.9 Å². The molecule has 6 heteroatoms. The Morgan fingerprint density at radius 1 is 1.28 bits per heavy atom. The standard InChI is InChI=1S/C12H18N2O4/c1-6(10(15)14-12(13)17)18-11(16)9-5-7-2-3-8(9)4-7/h6-9H,2-5H2,1H3,(H3,13,14,15,17)/t6-,7-,8-,9-/m0/s1. The van der Waals surface area contributed by atoms with Crippen LogP contribution in [-0.2, 0) is 14.3 Å². The topological polar surface area (TPSA) is 98.5 Å². The third kappa shape index (κ3) is 2.63. The molecule has 2 fully saturated rings. The molecule has 0 unspecified atom stereocenters. The van der Waals surface area contributed by atoms with Crippen LogP contribution in [0.4, 0.5) is 4.79 Å². The Kier molecular flexibility index (Phi) is 3.54. The summed E-state index contributed by atoms with van der Waals surface area (Å²) in [4.78, 5) is 33.8. The van der Waals surface area contributed by atoms with Gasteiger partial charge in [0.05, 0.1) is 5.92 Å². The highest BCUT2D eigenvalue weighted by Crippen LogP contribution is 2.48. The number of primary amides is 1. The minimum atomic E-state index is -0.982. The van der Waals surface area contributed by atoms with Crippen LogP contribution in [0, 0.1) is 17.8 Å². The molecule has 2 saturated carbocycles. The summed E-state index contributed by atoms with van der Waals surface area (Å²) in [6.07, 6.45) is 3.26. The van der Waals surface area contributed by atoms with Crippen LogP contribution in [-0.4, -0.2) is 24.0 Å². The van der Waals surface area contributed by atoms with E-state index in [-0.39, 0.29) is 11.9 Å². The highest BCUT2D eigenvalue weighted by molar-refractivity contribution is 5.96. The number of carbonyl (C=O) groups excluding carboxylic acids is 3. The monoisotopic (exact) mass is 254 g/mol. The number of amides is 3. The average molecular weight is 254 g/mol. The highest BCUT2D eigenvalue weighted by Gasteiger charge is 2.44. The van der Waals surface area contributed by atoms with Crippen molar-refractivity contribution in [3.8, 4) is 0 Å². The number of esters is 1. The van der Waals surface area contributed by atoms with E-state index >= 15 is 0 Å². The maximum absolute atomic E-state index is 11.9. The molecule has 0 aromatic carbocycles. The van der Waals surface area contributed by atoms with Crippen LogP contribution in [0.2, 0.25) is 0 Å². The van der Waals surface area contributed by atoms with Crippen molar-refractivity contribution < 1.29 is 19.1 Å². The quantitative estimate of drug-likeness (QED) is 0.718. The van der Waals surface area contributed by atoms with Crippen molar-refractivity contribution in [3.05, 3.63) is 0 Å². The van der Waals surface area contributed by atoms with Gasteiger partial charge in [0.25, 0.3) is 5.91 Å². The minimum absolute atomic E-state index is 0.0763. The van der Waals surface area contributed by atoms with Crippen LogP contribution in [0.1, 0.15) is 32.6 Å². The van der Waals surface area contributed by atoms with E-state index < -0.39 is 18.0 Å². The molecule has 0 aromatic rings. The van der Waals surface area contributed by atoms with E-state index in [1.165, 1.54) is 13.3 Å². The van der Waals surface area contributed by atoms with Crippen LogP contribution in [0.5, 0.6) is 0 Å². The molecule has 2 aliphatic carbocycles. The van der Waals surface area contributed by atoms with Gasteiger partial charge in [-0.05, 0) is 38.0 Å². The van der Waals surface area contributed by atoms with Gasteiger partial charge in [-0.3, -0.25) is 14.9 Å². The lowest BCUT2D eigenvalue weighted by molar-refractivity contribution is -0.160. The molecule has 100 valence electrons. The van der Waals surface area contributed by atoms with E-state index in [2.05, 4.69) is 0 Å². The van der Waals surface area contributed by atoms with E-state index in [1.807, 2.05) is 5.32 Å². The number of urea groups is 1. The Morgan fingerprint density at radius 3 is 2.50 bits per heavy atom. The van der Waals surface area contributed by atoms with Crippen LogP contribution < -0.4 is 11.1 Å². The molecule has 6 nitrogen and oxygen atoms in total. The molecular weight excluding hydrogens is 236 g/mol. The molecule has 2 rings (SSSR count). The summed E-state index contributed by atoms with van der Waals surface area (Å²) in [7, 11) is 0. The highest BCUT2D eigenvalue weighted by atomic mass is 16.5. The summed E-state index contributed by atoms with van der Waals surface area (Å²) in [5, 5.41) is 1.90. The predicted molar refractivity (Wildman–Crippen MR) is 62.2 cm³/mol. The fourth-order valence-electron chi connectivity index (χ4n) is 3.07. The molecule has 0 radical (unpaired) electrons. The lowest BCUT2D eigenvalue weighted by Crippen LogP contribution is -2.43. The van der Waals surface area contributed by atoms with Gasteiger partial charge in [0, 0.05) is 0 Å². The number of hydrogen-bond donors (Lipinski definition) is 2. The van der Waals surface area contributed by atoms with Crippen LogP contribution in [0.15, 0.2) is 0 Å². The smallest absolute Gasteiger partial charge is 0.318 e. The van der Waals surface area contributed by atoms with Gasteiger partial charge in [-0.2, -0.15) is 0 Å². The van der Waals surface area contributed by atoms with Gasteiger partial charge in [-0.25, -0.2) is 4.79 Å². The molecule has 0 saturated heterocycles. The van der Waals surface area contributed by atoms with E-state index in [0.717, 1.165) is 19.3 Å². The molecule has 0 heterocycles. The third-order valence-corrected chi connectivity index (χ3v) is 3.95. The second-order valence-corrected chi connectivity index (χ2v) is 5.21. The zero-order chi connectivity index (χ0) is 13.3. The molecular formula is C12H18N2O4. The minimum Gasteiger partial charge on any atom is -0.452 e. The van der Waals surface area contributed by atoms with E-state index in [0.29, 0.717) is 11.8 Å². The summed E-state index contributed by atoms with van der Waals surface area (Å²) >= 11 is 0. The van der Waals surface area contributed by atoms with Gasteiger partial charge < -0.3 is 10.5 Å². The van der Waals surface area contributed by atoms with Gasteiger partial charge in [-0.15, -0.1) is 0 Å². The van der Waals surface area contributed by atoms with Gasteiger partial charge in [0.1, 0.15) is 0 Å². The molecule has 4 atom stereocenters. The number of ether oxygens (including phenoxy) is 1. The largest absolute Gasteiger partial charge is 0.452 e. The maximum atomic E-state index is 11.9. The predicted octanol–water partition coefficient (Wildman–Crippen LogP) is 0.549. The number of fused-ring (bicyclic) bond motifs is 2. The Morgan fingerprint density at radius 2 is 2.00 bits per heavy atom. The zero-order valence-electron chi connectivity index (χ0n) is 10.3. The molecule has 3 N–H and O–H groups in total. The maximum Gasteiger partial charge on any atom is 0.318 e. The van der Waals surface area contributed by atoms with Crippen molar-refractivity contribution in [1.82, 2.24) is 5.32 Å². The van der Waals surface area contributed by atoms with Crippen molar-refractivity contribution in [2.24, 2.45) is 23.5 Å². The first-order chi connectivity index (χ1) is 8.47. The second-order valence-electron chi connectivity index (χ2n) is 5.21. The van der Waals surface area contributed by atoms with E-state index in [1.54, 1.807) is 0 Å². The number of nitrogens with one attached hydrogen (secondary N) is 1. The fourth-order valence-corrected chi connectivity index (χ4v) is 3.07. The summed E-state index contributed by atoms with van der Waals surface area (Å²) < 4.78 is 5.09. The van der Waals surface area contributed by atoms with Gasteiger partial charge >= 0.3 is 12.0 Å². The van der Waals surface area contributed by atoms with Crippen LogP contribution >= 0.6 is 0 Å². The molecule has 2 bridgehead atoms. The van der Waals surface area contributed by atoms with Crippen LogP contribution in [0.25, 0.3) is 0 Å². The number of nitrogens with two attached hydrogens (primary N) is 1. The lowest BCUT2D eigenvalue weighted by atomic mass is 9.89. The zero-order valence-corrected chi connectivity index (χ0v) is 10.3. The third-order valence-electron chi connectivity index (χ3n) is 3.95. The molecule has 0 aromatic heterocycles. The van der Waals surface area contributed by atoms with E-state index in [4.69, 9.17) is 10.5 Å². The molecule has 0 spiro atoms. The lowest BCUT2D eigenvalue weighted by Gasteiger charge is -2.21. The van der Waals surface area contributed by atoms with Crippen molar-refractivity contribution in [2.75, 3.05) is 0 Å². The molecule has 2 aliphatic rings. The van der Waals surface area contributed by atoms with Crippen molar-refractivity contribution in [2.45, 2.75) is 38.7 Å². The molecule has 18 heavy (non-hydrogen) atoms. The van der Waals surface area contributed by atoms with Crippen molar-refractivity contribution in [3.63, 3.8) is 0 Å². The first kappa shape index (κ1) is 12.9. The normalized spacial score (nSPS) is 30.8. The Hall–Kier alpha value is -1.59. The number of hydrogen-bond acceptors (Lipinski definition) is 4. The first-order valence-corrected chi connectivity index (χ1v) is 6.28. The number of carbonyl (C=O) groups is 3. The van der Waals surface area contributed by atoms with Crippen LogP contribution in [0.3, 0.4) is 0 Å². The van der Waals surface area contributed by atoms with E-state index in [9.17, 15) is 14.4 Å². The molecule has 0 aliphatic heterocycles. The second kappa shape index (κ2) is 4.96. The van der Waals surface area contributed by atoms with Gasteiger partial charge in [-0.1, -0.05) is 6.42 Å². The fraction of sp³-hybridized carbons (Fsp3) is 0.750. The average Bonchev–Trinajstić information content (AvgIpc) is 2.89. The summed E-state index contributed by atoms with van der Waals surface area (Å²) in [5.74, 6) is -0.0305. The SMILES string of the molecule is C[C@H](OC(=O)[C@H]1C[C@H]2CC[C@H]1C2)C(=O)NC(N)=O. The summed E-state index contributed by atoms with van der Waals surface area (Å²) in [6.45, 7) is 1.43. The Bertz CT molecular complexity index is 382. The van der Waals surface area contributed by atoms with Gasteiger partial charge in [0.2, 0.25) is 0 Å². The first-order valence-electron chi connectivity index (χ1n) is 6.28. The van der Waals surface area contributed by atoms with Gasteiger partial charge in [0.15, 0.2) is 6.10 Å². The van der Waals surface area contributed by atoms with Crippen molar-refractivity contribution in [1.29, 1.82) is 0 Å².